The lowest BCUT2D eigenvalue weighted by molar-refractivity contribution is -0.139. The average molecular weight is 629 g/mol. The Morgan fingerprint density at radius 2 is 1.55 bits per heavy atom. The molecule has 2 fully saturated rings. The molecule has 47 heavy (non-hydrogen) atoms. The van der Waals surface area contributed by atoms with Crippen LogP contribution in [0.3, 0.4) is 0 Å². The van der Waals surface area contributed by atoms with E-state index in [2.05, 4.69) is 60.4 Å². The van der Waals surface area contributed by atoms with Crippen LogP contribution in [0.5, 0.6) is 17.2 Å². The molecule has 4 aliphatic rings. The number of methoxy groups -OCH3 is 3. The van der Waals surface area contributed by atoms with E-state index in [1.165, 1.54) is 16.7 Å². The molecule has 4 aromatic rings. The van der Waals surface area contributed by atoms with Crippen molar-refractivity contribution in [1.82, 2.24) is 10.2 Å². The fourth-order valence-electron chi connectivity index (χ4n) is 8.91. The molecule has 2 bridgehead atoms. The fourth-order valence-corrected chi connectivity index (χ4v) is 8.91. The van der Waals surface area contributed by atoms with E-state index in [-0.39, 0.29) is 23.7 Å². The number of likely N-dealkylation sites (tertiary alicyclic amines) is 1. The monoisotopic (exact) mass is 628 g/mol. The van der Waals surface area contributed by atoms with Gasteiger partial charge in [0.2, 0.25) is 5.91 Å². The van der Waals surface area contributed by atoms with Gasteiger partial charge in [0.15, 0.2) is 11.5 Å². The molecule has 0 aromatic heterocycles. The molecule has 1 N–H and O–H groups in total. The molecule has 1 saturated heterocycles. The second kappa shape index (κ2) is 12.0. The summed E-state index contributed by atoms with van der Waals surface area (Å²) in [6, 6.07) is 32.3. The SMILES string of the molecule is C=C(C(=O)N1C[C@H]2[C@@]3(c4ccccc4)CC[C@H](c4ccccc43)[C@@]2(C(=O)NCc2ccc(OC)c(OC)c2)C1)c1ccccc1OC. The van der Waals surface area contributed by atoms with Gasteiger partial charge in [-0.25, -0.2) is 0 Å². The number of para-hydroxylation sites is 1. The summed E-state index contributed by atoms with van der Waals surface area (Å²) in [7, 11) is 4.80. The predicted molar refractivity (Wildman–Crippen MR) is 182 cm³/mol. The van der Waals surface area contributed by atoms with Gasteiger partial charge in [0.25, 0.3) is 5.91 Å². The predicted octanol–water partition coefficient (Wildman–Crippen LogP) is 6.36. The molecule has 0 unspecified atom stereocenters. The van der Waals surface area contributed by atoms with Crippen molar-refractivity contribution in [3.63, 3.8) is 0 Å². The van der Waals surface area contributed by atoms with Crippen molar-refractivity contribution in [3.05, 3.63) is 131 Å². The third-order valence-corrected chi connectivity index (χ3v) is 10.9. The maximum Gasteiger partial charge on any atom is 0.254 e. The summed E-state index contributed by atoms with van der Waals surface area (Å²) in [5.74, 6) is 1.43. The van der Waals surface area contributed by atoms with Crippen LogP contribution >= 0.6 is 0 Å². The molecule has 7 heteroatoms. The first kappa shape index (κ1) is 30.6. The number of benzene rings is 4. The van der Waals surface area contributed by atoms with Crippen LogP contribution in [0.4, 0.5) is 0 Å². The molecule has 1 aliphatic heterocycles. The number of nitrogens with one attached hydrogen (secondary N) is 1. The number of carbonyl (C=O) groups is 2. The minimum atomic E-state index is -0.851. The first-order valence-corrected chi connectivity index (χ1v) is 16.1. The van der Waals surface area contributed by atoms with Crippen molar-refractivity contribution in [2.75, 3.05) is 34.4 Å². The number of nitrogens with zero attached hydrogens (tertiary/aromatic N) is 1. The highest BCUT2D eigenvalue weighted by Crippen LogP contribution is 2.69. The molecule has 1 heterocycles. The molecule has 4 aromatic carbocycles. The number of amides is 2. The molecule has 0 radical (unpaired) electrons. The first-order valence-electron chi connectivity index (χ1n) is 16.1. The summed E-state index contributed by atoms with van der Waals surface area (Å²) in [6.07, 6.45) is 1.76. The Morgan fingerprint density at radius 1 is 0.851 bits per heavy atom. The zero-order chi connectivity index (χ0) is 32.8. The molecule has 4 atom stereocenters. The van der Waals surface area contributed by atoms with E-state index in [1.54, 1.807) is 21.3 Å². The largest absolute Gasteiger partial charge is 0.496 e. The van der Waals surface area contributed by atoms with Crippen molar-refractivity contribution in [2.45, 2.75) is 30.7 Å². The fraction of sp³-hybridized carbons (Fsp3) is 0.300. The number of ether oxygens (including phenoxy) is 3. The van der Waals surface area contributed by atoms with Gasteiger partial charge in [-0.15, -0.1) is 0 Å². The molecule has 240 valence electrons. The van der Waals surface area contributed by atoms with Crippen molar-refractivity contribution < 1.29 is 23.8 Å². The van der Waals surface area contributed by atoms with Gasteiger partial charge in [0.05, 0.1) is 26.7 Å². The van der Waals surface area contributed by atoms with Crippen LogP contribution in [0.1, 0.15) is 46.6 Å². The number of hydrogen-bond donors (Lipinski definition) is 1. The maximum absolute atomic E-state index is 15.0. The van der Waals surface area contributed by atoms with Crippen LogP contribution in [-0.2, 0) is 21.5 Å². The van der Waals surface area contributed by atoms with E-state index in [4.69, 9.17) is 14.2 Å². The van der Waals surface area contributed by atoms with Gasteiger partial charge in [0.1, 0.15) is 5.75 Å². The quantitative estimate of drug-likeness (QED) is 0.218. The van der Waals surface area contributed by atoms with Gasteiger partial charge in [0, 0.05) is 48.0 Å². The lowest BCUT2D eigenvalue weighted by Crippen LogP contribution is -2.62. The summed E-state index contributed by atoms with van der Waals surface area (Å²) < 4.78 is 16.5. The van der Waals surface area contributed by atoms with Gasteiger partial charge >= 0.3 is 0 Å². The number of hydrogen-bond acceptors (Lipinski definition) is 5. The van der Waals surface area contributed by atoms with Crippen molar-refractivity contribution in [1.29, 1.82) is 0 Å². The van der Waals surface area contributed by atoms with Crippen LogP contribution < -0.4 is 19.5 Å². The van der Waals surface area contributed by atoms with Crippen LogP contribution in [0.2, 0.25) is 0 Å². The third-order valence-electron chi connectivity index (χ3n) is 10.9. The van der Waals surface area contributed by atoms with Gasteiger partial charge in [-0.3, -0.25) is 9.59 Å². The van der Waals surface area contributed by atoms with Gasteiger partial charge in [-0.05, 0) is 53.3 Å². The summed E-state index contributed by atoms with van der Waals surface area (Å²) >= 11 is 0. The zero-order valence-electron chi connectivity index (χ0n) is 27.1. The summed E-state index contributed by atoms with van der Waals surface area (Å²) in [4.78, 5) is 31.3. The Kier molecular flexibility index (Phi) is 7.79. The lowest BCUT2D eigenvalue weighted by Gasteiger charge is -2.60. The Hall–Kier alpha value is -5.04. The second-order valence-electron chi connectivity index (χ2n) is 12.8. The average Bonchev–Trinajstić information content (AvgIpc) is 3.57. The highest BCUT2D eigenvalue weighted by Gasteiger charge is 2.70. The van der Waals surface area contributed by atoms with Crippen molar-refractivity contribution in [3.8, 4) is 17.2 Å². The minimum Gasteiger partial charge on any atom is -0.496 e. The molecule has 3 aliphatic carbocycles. The molecule has 2 amide bonds. The summed E-state index contributed by atoms with van der Waals surface area (Å²) in [5, 5.41) is 3.33. The Labute approximate surface area is 276 Å². The van der Waals surface area contributed by atoms with Gasteiger partial charge < -0.3 is 24.4 Å². The zero-order valence-corrected chi connectivity index (χ0v) is 27.1. The Balaban J connectivity index is 1.32. The summed E-state index contributed by atoms with van der Waals surface area (Å²) in [6.45, 7) is 5.31. The summed E-state index contributed by atoms with van der Waals surface area (Å²) in [5.41, 5.74) is 4.30. The van der Waals surface area contributed by atoms with Crippen LogP contribution in [0, 0.1) is 11.3 Å². The third kappa shape index (κ3) is 4.62. The van der Waals surface area contributed by atoms with E-state index in [0.717, 1.165) is 18.4 Å². The lowest BCUT2D eigenvalue weighted by atomic mass is 9.42. The number of rotatable bonds is 9. The smallest absolute Gasteiger partial charge is 0.254 e. The number of carbonyl (C=O) groups excluding carboxylic acids is 2. The first-order chi connectivity index (χ1) is 22.9. The molecule has 1 saturated carbocycles. The second-order valence-corrected chi connectivity index (χ2v) is 12.8. The van der Waals surface area contributed by atoms with E-state index in [0.29, 0.717) is 48.0 Å². The highest BCUT2D eigenvalue weighted by molar-refractivity contribution is 6.19. The molecular weight excluding hydrogens is 588 g/mol. The Bertz CT molecular complexity index is 1850. The Morgan fingerprint density at radius 3 is 2.32 bits per heavy atom. The van der Waals surface area contributed by atoms with Crippen LogP contribution in [0.25, 0.3) is 5.57 Å². The highest BCUT2D eigenvalue weighted by atomic mass is 16.5. The van der Waals surface area contributed by atoms with E-state index in [1.807, 2.05) is 53.4 Å². The maximum atomic E-state index is 15.0. The van der Waals surface area contributed by atoms with Crippen molar-refractivity contribution >= 4 is 17.4 Å². The van der Waals surface area contributed by atoms with Gasteiger partial charge in [-0.1, -0.05) is 85.4 Å². The standard InChI is InChI=1S/C40H40N2O5/c1-26(29-14-9-11-17-33(29)45-2)37(43)42-24-36-39(28-12-6-5-7-13-28)21-20-32(30-15-8-10-16-31(30)39)40(36,25-42)38(44)41-23-27-18-19-34(46-3)35(22-27)47-4/h5-19,22,32,36H,1,20-21,23-25H2,2-4H3,(H,41,44)/t32-,36+,39-,40+/m1/s1. The molecular formula is C40H40N2O5. The molecule has 7 nitrogen and oxygen atoms in total. The topological polar surface area (TPSA) is 77.1 Å². The van der Waals surface area contributed by atoms with Crippen LogP contribution in [-0.4, -0.2) is 51.1 Å². The molecule has 8 rings (SSSR count). The van der Waals surface area contributed by atoms with Crippen LogP contribution in [0.15, 0.2) is 104 Å². The van der Waals surface area contributed by atoms with Crippen molar-refractivity contribution in [2.24, 2.45) is 11.3 Å². The van der Waals surface area contributed by atoms with Gasteiger partial charge in [-0.2, -0.15) is 0 Å². The minimum absolute atomic E-state index is 0.0324. The number of fused-ring (bicyclic) bond motifs is 1. The molecule has 0 spiro atoms. The normalized spacial score (nSPS) is 23.8. The van der Waals surface area contributed by atoms with E-state index >= 15 is 0 Å². The van der Waals surface area contributed by atoms with E-state index < -0.39 is 10.8 Å². The van der Waals surface area contributed by atoms with E-state index in [9.17, 15) is 9.59 Å².